The van der Waals surface area contributed by atoms with Gasteiger partial charge in [0, 0.05) is 79.9 Å². The molecule has 0 spiro atoms. The third-order valence-electron chi connectivity index (χ3n) is 12.6. The molecule has 0 fully saturated rings. The Morgan fingerprint density at radius 2 is 0.641 bits per heavy atom. The van der Waals surface area contributed by atoms with Gasteiger partial charge in [-0.3, -0.25) is 0 Å². The topological polar surface area (TPSA) is 110 Å². The smallest absolute Gasteiger partial charge is 0.116 e. The fourth-order valence-electron chi connectivity index (χ4n) is 9.59. The minimum Gasteiger partial charge on any atom is -0.310 e. The van der Waals surface area contributed by atoms with Crippen LogP contribution in [0.5, 0.6) is 0 Å². The Hall–Kier alpha value is -8.24. The van der Waals surface area contributed by atoms with Crippen LogP contribution >= 0.6 is 0 Å². The summed E-state index contributed by atoms with van der Waals surface area (Å²) >= 11 is 0. The third-order valence-corrected chi connectivity index (χ3v) is 12.6. The Balaban J connectivity index is 1.19. The molecule has 10 heteroatoms. The maximum absolute atomic E-state index is 4.69. The molecule has 306 valence electrons. The molecule has 0 amide bonds. The van der Waals surface area contributed by atoms with Crippen molar-refractivity contribution in [2.45, 2.75) is 39.5 Å². The number of nitrogens with zero attached hydrogens (tertiary/aromatic N) is 10. The summed E-state index contributed by atoms with van der Waals surface area (Å²) in [6.07, 6.45) is 13.9. The van der Waals surface area contributed by atoms with Gasteiger partial charge < -0.3 is 9.80 Å². The van der Waals surface area contributed by atoms with Crippen LogP contribution in [0.4, 0.5) is 34.1 Å². The highest BCUT2D eigenvalue weighted by Crippen LogP contribution is 2.51. The third kappa shape index (κ3) is 6.01. The van der Waals surface area contributed by atoms with E-state index >= 15 is 0 Å². The average molecular weight is 829 g/mol. The van der Waals surface area contributed by atoms with Crippen molar-refractivity contribution in [1.29, 1.82) is 0 Å². The lowest BCUT2D eigenvalue weighted by Gasteiger charge is -2.31. The van der Waals surface area contributed by atoms with E-state index in [9.17, 15) is 0 Å². The van der Waals surface area contributed by atoms with Gasteiger partial charge in [0.2, 0.25) is 0 Å². The maximum Gasteiger partial charge on any atom is 0.116 e. The molecule has 0 radical (unpaired) electrons. The average Bonchev–Trinajstić information content (AvgIpc) is 3.33. The van der Waals surface area contributed by atoms with Crippen LogP contribution in [0.3, 0.4) is 0 Å². The van der Waals surface area contributed by atoms with E-state index in [0.717, 1.165) is 88.5 Å². The number of hydrogen-bond donors (Lipinski definition) is 0. The molecule has 0 bridgehead atoms. The lowest BCUT2D eigenvalue weighted by Crippen LogP contribution is -2.13. The Morgan fingerprint density at radius 3 is 0.938 bits per heavy atom. The molecule has 0 N–H and O–H groups in total. The second-order valence-corrected chi connectivity index (χ2v) is 17.1. The zero-order valence-electron chi connectivity index (χ0n) is 35.6. The van der Waals surface area contributed by atoms with Crippen molar-refractivity contribution < 1.29 is 0 Å². The lowest BCUT2D eigenvalue weighted by atomic mass is 9.84. The zero-order chi connectivity index (χ0) is 43.1. The Kier molecular flexibility index (Phi) is 8.62. The van der Waals surface area contributed by atoms with E-state index in [1.165, 1.54) is 32.7 Å². The van der Waals surface area contributed by atoms with Gasteiger partial charge in [-0.15, -0.1) is 0 Å². The van der Waals surface area contributed by atoms with Crippen LogP contribution in [0, 0.1) is 0 Å². The van der Waals surface area contributed by atoms with Gasteiger partial charge in [-0.25, -0.2) is 39.9 Å². The van der Waals surface area contributed by atoms with E-state index in [0.29, 0.717) is 0 Å². The zero-order valence-corrected chi connectivity index (χ0v) is 35.6. The van der Waals surface area contributed by atoms with Gasteiger partial charge in [0.1, 0.15) is 25.3 Å². The van der Waals surface area contributed by atoms with Crippen LogP contribution in [0.2, 0.25) is 0 Å². The first-order valence-electron chi connectivity index (χ1n) is 21.6. The van der Waals surface area contributed by atoms with Gasteiger partial charge in [0.15, 0.2) is 0 Å². The molecule has 64 heavy (non-hydrogen) atoms. The van der Waals surface area contributed by atoms with Crippen molar-refractivity contribution in [3.05, 3.63) is 170 Å². The molecule has 10 nitrogen and oxygen atoms in total. The molecule has 0 saturated carbocycles. The van der Waals surface area contributed by atoms with E-state index in [1.807, 2.05) is 24.8 Å². The molecule has 0 aliphatic carbocycles. The van der Waals surface area contributed by atoms with Gasteiger partial charge in [0.05, 0.1) is 33.4 Å². The van der Waals surface area contributed by atoms with Crippen LogP contribution in [0.1, 0.15) is 50.7 Å². The minimum absolute atomic E-state index is 0.221. The second kappa shape index (κ2) is 14.7. The van der Waals surface area contributed by atoms with Crippen LogP contribution in [-0.2, 0) is 0 Å². The van der Waals surface area contributed by atoms with Gasteiger partial charge in [-0.1, -0.05) is 52.0 Å². The molecule has 4 heterocycles. The monoisotopic (exact) mass is 828 g/mol. The fraction of sp³-hybridized carbons (Fsp3) is 0.111. The highest BCUT2D eigenvalue weighted by molar-refractivity contribution is 6.29. The molecule has 0 unspecified atom stereocenters. The van der Waals surface area contributed by atoms with Gasteiger partial charge in [-0.2, -0.15) is 0 Å². The molecular weight excluding hydrogens is 789 g/mol. The van der Waals surface area contributed by atoms with Crippen LogP contribution < -0.4 is 9.80 Å². The summed E-state index contributed by atoms with van der Waals surface area (Å²) in [4.78, 5) is 40.7. The molecule has 0 aliphatic rings. The minimum atomic E-state index is 0.221. The van der Waals surface area contributed by atoms with E-state index in [2.05, 4.69) is 167 Å². The van der Waals surface area contributed by atoms with Gasteiger partial charge in [0.25, 0.3) is 0 Å². The number of rotatable bonds is 8. The number of benzene rings is 8. The summed E-state index contributed by atoms with van der Waals surface area (Å²) in [6, 6.07) is 39.8. The molecular formula is C54H40N10. The lowest BCUT2D eigenvalue weighted by molar-refractivity contribution is 0.875. The summed E-state index contributed by atoms with van der Waals surface area (Å²) < 4.78 is 0. The molecule has 12 aromatic rings. The normalized spacial score (nSPS) is 12.0. The first kappa shape index (κ1) is 37.5. The van der Waals surface area contributed by atoms with E-state index in [1.54, 1.807) is 25.3 Å². The summed E-state index contributed by atoms with van der Waals surface area (Å²) in [5.41, 5.74) is 12.1. The predicted octanol–water partition coefficient (Wildman–Crippen LogP) is 13.5. The Bertz CT molecular complexity index is 3380. The number of anilines is 6. The van der Waals surface area contributed by atoms with Crippen LogP contribution in [-0.4, -0.2) is 39.9 Å². The molecule has 0 saturated heterocycles. The van der Waals surface area contributed by atoms with Crippen molar-refractivity contribution in [3.8, 4) is 0 Å². The van der Waals surface area contributed by atoms with Crippen molar-refractivity contribution in [2.75, 3.05) is 9.80 Å². The first-order valence-corrected chi connectivity index (χ1v) is 21.6. The molecule has 12 rings (SSSR count). The van der Waals surface area contributed by atoms with Crippen molar-refractivity contribution >= 4 is 110 Å². The highest BCUT2D eigenvalue weighted by Gasteiger charge is 2.27. The van der Waals surface area contributed by atoms with E-state index in [4.69, 9.17) is 19.9 Å². The van der Waals surface area contributed by atoms with Crippen LogP contribution in [0.15, 0.2) is 159 Å². The molecule has 0 aliphatic heterocycles. The largest absolute Gasteiger partial charge is 0.310 e. The molecule has 4 aromatic heterocycles. The van der Waals surface area contributed by atoms with Crippen molar-refractivity contribution in [1.82, 2.24) is 39.9 Å². The van der Waals surface area contributed by atoms with Gasteiger partial charge >= 0.3 is 0 Å². The predicted molar refractivity (Wildman–Crippen MR) is 260 cm³/mol. The molecule has 8 aromatic carbocycles. The number of fused-ring (bicyclic) bond motifs is 4. The fourth-order valence-corrected chi connectivity index (χ4v) is 9.59. The van der Waals surface area contributed by atoms with Crippen molar-refractivity contribution in [2.24, 2.45) is 0 Å². The van der Waals surface area contributed by atoms with Gasteiger partial charge in [-0.05, 0) is 129 Å². The molecule has 0 atom stereocenters. The van der Waals surface area contributed by atoms with Crippen molar-refractivity contribution in [3.63, 3.8) is 0 Å². The summed E-state index contributed by atoms with van der Waals surface area (Å²) in [6.45, 7) is 9.16. The Labute approximate surface area is 368 Å². The maximum atomic E-state index is 4.69. The first-order chi connectivity index (χ1) is 31.4. The quantitative estimate of drug-likeness (QED) is 0.137. The summed E-state index contributed by atoms with van der Waals surface area (Å²) in [5.74, 6) is 0.442. The van der Waals surface area contributed by atoms with E-state index in [-0.39, 0.29) is 11.8 Å². The van der Waals surface area contributed by atoms with Crippen LogP contribution in [0.25, 0.3) is 75.9 Å². The number of aromatic nitrogens is 8. The second-order valence-electron chi connectivity index (χ2n) is 17.1. The summed E-state index contributed by atoms with van der Waals surface area (Å²) in [5, 5.41) is 11.1. The summed E-state index contributed by atoms with van der Waals surface area (Å²) in [7, 11) is 0. The Morgan fingerprint density at radius 1 is 0.344 bits per heavy atom. The van der Waals surface area contributed by atoms with E-state index < -0.39 is 0 Å². The SMILES string of the molecule is CC(C)c1cc(N(c2ccc3cncnc3c2)c2ccc3cncnc3c2)c2ccc3c(C(C)C)cc(N(c4ccc5cncnc5c4)c4ccc5cncnc5c4)c4ccc1c2c34. The standard InChI is InChI=1S/C54H40N10/c1-31(2)45-21-51(63(37-9-5-33-23-55-27-59-47(33)17-37)38-10-6-34-24-56-28-60-48(34)18-38)43-16-14-42-46(32(3)4)22-52(44-15-13-41(45)53(43)54(42)44)64(39-11-7-35-25-57-29-61-49(35)19-39)40-12-8-36-26-58-30-62-50(36)20-40/h5-32H,1-4H3. The highest BCUT2D eigenvalue weighted by atomic mass is 15.2. The number of hydrogen-bond acceptors (Lipinski definition) is 10.